The molecule has 17 heavy (non-hydrogen) atoms. The Morgan fingerprint density at radius 1 is 1.29 bits per heavy atom. The van der Waals surface area contributed by atoms with Crippen molar-refractivity contribution in [2.45, 2.75) is 12.8 Å². The van der Waals surface area contributed by atoms with E-state index >= 15 is 0 Å². The molecule has 1 saturated heterocycles. The lowest BCUT2D eigenvalue weighted by atomic mass is 10.3. The molecule has 0 aromatic rings. The molecule has 0 aromatic heterocycles. The van der Waals surface area contributed by atoms with E-state index in [2.05, 4.69) is 10.6 Å². The number of carbonyl (C=O) groups is 2. The van der Waals surface area contributed by atoms with Crippen LogP contribution in [-0.2, 0) is 14.3 Å². The van der Waals surface area contributed by atoms with Crippen molar-refractivity contribution in [1.82, 2.24) is 15.5 Å². The largest absolute Gasteiger partial charge is 0.385 e. The highest BCUT2D eigenvalue weighted by Gasteiger charge is 2.22. The van der Waals surface area contributed by atoms with E-state index in [0.717, 1.165) is 25.9 Å². The van der Waals surface area contributed by atoms with Gasteiger partial charge in [0.25, 0.3) is 0 Å². The second kappa shape index (κ2) is 8.03. The van der Waals surface area contributed by atoms with E-state index in [1.165, 1.54) is 0 Å². The summed E-state index contributed by atoms with van der Waals surface area (Å²) in [5, 5.41) is 5.77. The van der Waals surface area contributed by atoms with Gasteiger partial charge in [-0.15, -0.1) is 0 Å². The zero-order valence-corrected chi connectivity index (χ0v) is 10.3. The van der Waals surface area contributed by atoms with Crippen LogP contribution >= 0.6 is 0 Å². The van der Waals surface area contributed by atoms with Crippen molar-refractivity contribution in [2.24, 2.45) is 0 Å². The first-order chi connectivity index (χ1) is 8.25. The van der Waals surface area contributed by atoms with Crippen LogP contribution in [0.2, 0.25) is 0 Å². The van der Waals surface area contributed by atoms with Crippen LogP contribution in [0.3, 0.4) is 0 Å². The molecule has 0 radical (unpaired) electrons. The molecule has 1 rings (SSSR count). The van der Waals surface area contributed by atoms with Gasteiger partial charge in [0.1, 0.15) is 0 Å². The normalized spacial score (nSPS) is 15.7. The van der Waals surface area contributed by atoms with Crippen LogP contribution < -0.4 is 10.6 Å². The van der Waals surface area contributed by atoms with Crippen molar-refractivity contribution in [1.29, 1.82) is 0 Å². The van der Waals surface area contributed by atoms with Crippen molar-refractivity contribution in [2.75, 3.05) is 46.4 Å². The minimum atomic E-state index is -0.496. The van der Waals surface area contributed by atoms with Gasteiger partial charge in [0.05, 0.1) is 0 Å². The Hall–Kier alpha value is -1.14. The molecule has 98 valence electrons. The molecule has 0 aromatic carbocycles. The molecule has 0 aliphatic carbocycles. The van der Waals surface area contributed by atoms with Crippen LogP contribution in [0.1, 0.15) is 12.8 Å². The summed E-state index contributed by atoms with van der Waals surface area (Å²) in [7, 11) is 1.65. The minimum absolute atomic E-state index is 0.418. The van der Waals surface area contributed by atoms with E-state index in [9.17, 15) is 9.59 Å². The van der Waals surface area contributed by atoms with Gasteiger partial charge in [-0.3, -0.25) is 9.59 Å². The maximum absolute atomic E-state index is 11.7. The second-order valence-corrected chi connectivity index (χ2v) is 4.00. The standard InChI is InChI=1S/C11H21N3O3/c1-17-9-3-2-4-13-10(15)11(16)14-7-5-12-6-8-14/h12H,2-9H2,1H3,(H,13,15). The number of methoxy groups -OCH3 is 1. The van der Waals surface area contributed by atoms with Gasteiger partial charge in [0.2, 0.25) is 0 Å². The summed E-state index contributed by atoms with van der Waals surface area (Å²) in [4.78, 5) is 24.8. The Kier molecular flexibility index (Phi) is 6.57. The summed E-state index contributed by atoms with van der Waals surface area (Å²) in [6.07, 6.45) is 1.72. The number of rotatable bonds is 5. The molecule has 1 heterocycles. The summed E-state index contributed by atoms with van der Waals surface area (Å²) in [5.74, 6) is -0.914. The van der Waals surface area contributed by atoms with E-state index < -0.39 is 11.8 Å². The molecule has 0 atom stereocenters. The Morgan fingerprint density at radius 2 is 2.00 bits per heavy atom. The van der Waals surface area contributed by atoms with Crippen molar-refractivity contribution in [3.63, 3.8) is 0 Å². The van der Waals surface area contributed by atoms with E-state index in [-0.39, 0.29) is 0 Å². The number of amides is 2. The first-order valence-electron chi connectivity index (χ1n) is 6.02. The van der Waals surface area contributed by atoms with Crippen molar-refractivity contribution < 1.29 is 14.3 Å². The minimum Gasteiger partial charge on any atom is -0.385 e. The van der Waals surface area contributed by atoms with Crippen LogP contribution in [-0.4, -0.2) is 63.2 Å². The summed E-state index contributed by atoms with van der Waals surface area (Å²) in [5.41, 5.74) is 0. The molecule has 0 unspecified atom stereocenters. The SMILES string of the molecule is COCCCCNC(=O)C(=O)N1CCNCC1. The summed E-state index contributed by atoms with van der Waals surface area (Å²) in [6.45, 7) is 3.94. The number of carbonyl (C=O) groups excluding carboxylic acids is 2. The number of piperazine rings is 1. The van der Waals surface area contributed by atoms with Gasteiger partial charge in [-0.1, -0.05) is 0 Å². The molecule has 2 amide bonds. The molecular weight excluding hydrogens is 222 g/mol. The quantitative estimate of drug-likeness (QED) is 0.478. The highest BCUT2D eigenvalue weighted by Crippen LogP contribution is 1.94. The third-order valence-corrected chi connectivity index (χ3v) is 2.66. The lowest BCUT2D eigenvalue weighted by Crippen LogP contribution is -2.51. The number of ether oxygens (including phenoxy) is 1. The molecule has 0 spiro atoms. The van der Waals surface area contributed by atoms with Gasteiger partial charge in [0.15, 0.2) is 0 Å². The van der Waals surface area contributed by atoms with Crippen LogP contribution in [0, 0.1) is 0 Å². The number of hydrogen-bond acceptors (Lipinski definition) is 4. The number of nitrogens with zero attached hydrogens (tertiary/aromatic N) is 1. The molecule has 6 heteroatoms. The van der Waals surface area contributed by atoms with Crippen molar-refractivity contribution in [3.8, 4) is 0 Å². The third kappa shape index (κ3) is 5.14. The molecule has 0 saturated carbocycles. The van der Waals surface area contributed by atoms with Gasteiger partial charge in [-0.05, 0) is 12.8 Å². The van der Waals surface area contributed by atoms with Crippen LogP contribution in [0.5, 0.6) is 0 Å². The molecule has 0 bridgehead atoms. The first-order valence-corrected chi connectivity index (χ1v) is 6.02. The van der Waals surface area contributed by atoms with Crippen molar-refractivity contribution in [3.05, 3.63) is 0 Å². The third-order valence-electron chi connectivity index (χ3n) is 2.66. The first kappa shape index (κ1) is 13.9. The lowest BCUT2D eigenvalue weighted by Gasteiger charge is -2.26. The van der Waals surface area contributed by atoms with Gasteiger partial charge in [0, 0.05) is 46.4 Å². The second-order valence-electron chi connectivity index (χ2n) is 4.00. The maximum Gasteiger partial charge on any atom is 0.311 e. The van der Waals surface area contributed by atoms with Crippen LogP contribution in [0.15, 0.2) is 0 Å². The topological polar surface area (TPSA) is 70.7 Å². The fourth-order valence-electron chi connectivity index (χ4n) is 1.66. The maximum atomic E-state index is 11.7. The molecule has 1 fully saturated rings. The molecule has 2 N–H and O–H groups in total. The molecule has 6 nitrogen and oxygen atoms in total. The van der Waals surface area contributed by atoms with E-state index in [1.54, 1.807) is 12.0 Å². The zero-order chi connectivity index (χ0) is 12.5. The van der Waals surface area contributed by atoms with E-state index in [4.69, 9.17) is 4.74 Å². The predicted molar refractivity (Wildman–Crippen MR) is 63.6 cm³/mol. The number of unbranched alkanes of at least 4 members (excludes halogenated alkanes) is 1. The summed E-state index contributed by atoms with van der Waals surface area (Å²) >= 11 is 0. The monoisotopic (exact) mass is 243 g/mol. The Bertz CT molecular complexity index is 252. The van der Waals surface area contributed by atoms with Gasteiger partial charge < -0.3 is 20.3 Å². The predicted octanol–water partition coefficient (Wildman–Crippen LogP) is -1.04. The van der Waals surface area contributed by atoms with Crippen LogP contribution in [0.4, 0.5) is 0 Å². The van der Waals surface area contributed by atoms with Gasteiger partial charge in [-0.25, -0.2) is 0 Å². The smallest absolute Gasteiger partial charge is 0.311 e. The van der Waals surface area contributed by atoms with E-state index in [1.807, 2.05) is 0 Å². The van der Waals surface area contributed by atoms with Crippen LogP contribution in [0.25, 0.3) is 0 Å². The van der Waals surface area contributed by atoms with Crippen molar-refractivity contribution >= 4 is 11.8 Å². The van der Waals surface area contributed by atoms with Gasteiger partial charge >= 0.3 is 11.8 Å². The molecule has 1 aliphatic rings. The average Bonchev–Trinajstić information content (AvgIpc) is 2.38. The van der Waals surface area contributed by atoms with Gasteiger partial charge in [-0.2, -0.15) is 0 Å². The Labute approximate surface area is 102 Å². The fraction of sp³-hybridized carbons (Fsp3) is 0.818. The fourth-order valence-corrected chi connectivity index (χ4v) is 1.66. The Balaban J connectivity index is 2.15. The summed E-state index contributed by atoms with van der Waals surface area (Å²) < 4.78 is 4.90. The highest BCUT2D eigenvalue weighted by atomic mass is 16.5. The average molecular weight is 243 g/mol. The molecular formula is C11H21N3O3. The highest BCUT2D eigenvalue weighted by molar-refractivity contribution is 6.35. The zero-order valence-electron chi connectivity index (χ0n) is 10.3. The van der Waals surface area contributed by atoms with E-state index in [0.29, 0.717) is 26.2 Å². The molecule has 1 aliphatic heterocycles. The summed E-state index contributed by atoms with van der Waals surface area (Å²) in [6, 6.07) is 0. The number of nitrogens with one attached hydrogen (secondary N) is 2. The Morgan fingerprint density at radius 3 is 2.65 bits per heavy atom. The number of hydrogen-bond donors (Lipinski definition) is 2. The lowest BCUT2D eigenvalue weighted by molar-refractivity contribution is -0.146.